The van der Waals surface area contributed by atoms with Gasteiger partial charge in [0.15, 0.2) is 23.4 Å². The first-order chi connectivity index (χ1) is 14.5. The largest absolute Gasteiger partial charge is 0.486 e. The number of likely N-dealkylation sites (N-methyl/N-ethyl adjacent to an activating group) is 1. The minimum absolute atomic E-state index is 0.00730. The highest BCUT2D eigenvalue weighted by molar-refractivity contribution is 7.18. The molecule has 4 atom stereocenters. The summed E-state index contributed by atoms with van der Waals surface area (Å²) in [7, 11) is 2.11. The van der Waals surface area contributed by atoms with E-state index in [9.17, 15) is 4.79 Å². The zero-order valence-electron chi connectivity index (χ0n) is 17.7. The number of rotatable bonds is 4. The fourth-order valence-corrected chi connectivity index (χ4v) is 5.89. The molecule has 2 aromatic heterocycles. The molecule has 0 fully saturated rings. The van der Waals surface area contributed by atoms with E-state index in [0.29, 0.717) is 12.5 Å². The molecule has 0 bridgehead atoms. The number of aromatic nitrogens is 2. The van der Waals surface area contributed by atoms with Crippen molar-refractivity contribution in [2.45, 2.75) is 45.3 Å². The summed E-state index contributed by atoms with van der Waals surface area (Å²) in [5.41, 5.74) is 1.24. The van der Waals surface area contributed by atoms with Gasteiger partial charge in [0.25, 0.3) is 5.56 Å². The number of nitrogens with zero attached hydrogens (tertiary/aromatic N) is 1. The van der Waals surface area contributed by atoms with E-state index in [4.69, 9.17) is 14.5 Å². The Morgan fingerprint density at radius 1 is 1.33 bits per heavy atom. The number of ether oxygens (including phenoxy) is 2. The van der Waals surface area contributed by atoms with Gasteiger partial charge in [-0.1, -0.05) is 19.1 Å². The number of nitrogens with one attached hydrogen (secondary N) is 2. The van der Waals surface area contributed by atoms with Crippen LogP contribution in [0.3, 0.4) is 0 Å². The van der Waals surface area contributed by atoms with Crippen molar-refractivity contribution in [1.29, 1.82) is 0 Å². The zero-order valence-corrected chi connectivity index (χ0v) is 18.5. The second kappa shape index (κ2) is 7.71. The summed E-state index contributed by atoms with van der Waals surface area (Å²) >= 11 is 1.70. The molecule has 1 unspecified atom stereocenters. The van der Waals surface area contributed by atoms with Crippen molar-refractivity contribution in [1.82, 2.24) is 9.97 Å². The first kappa shape index (κ1) is 19.6. The molecule has 1 aliphatic heterocycles. The maximum Gasteiger partial charge on any atom is 0.260 e. The Balaban J connectivity index is 1.35. The Morgan fingerprint density at radius 3 is 2.97 bits per heavy atom. The number of hydrogen-bond donors (Lipinski definition) is 2. The van der Waals surface area contributed by atoms with Gasteiger partial charge in [-0.2, -0.15) is 0 Å². The van der Waals surface area contributed by atoms with Gasteiger partial charge in [0, 0.05) is 4.88 Å². The smallest absolute Gasteiger partial charge is 0.260 e. The molecule has 6 nitrogen and oxygen atoms in total. The third kappa shape index (κ3) is 3.50. The minimum atomic E-state index is -0.0339. The van der Waals surface area contributed by atoms with Gasteiger partial charge >= 0.3 is 0 Å². The summed E-state index contributed by atoms with van der Waals surface area (Å²) in [6.45, 7) is 5.68. The van der Waals surface area contributed by atoms with E-state index in [1.54, 1.807) is 11.3 Å². The summed E-state index contributed by atoms with van der Waals surface area (Å²) in [6.07, 6.45) is 3.16. The van der Waals surface area contributed by atoms with Crippen molar-refractivity contribution in [3.63, 3.8) is 0 Å². The first-order valence-corrected chi connectivity index (χ1v) is 11.6. The van der Waals surface area contributed by atoms with Gasteiger partial charge in [0.1, 0.15) is 24.0 Å². The highest BCUT2D eigenvalue weighted by Gasteiger charge is 2.29. The molecule has 2 aliphatic rings. The Hall–Kier alpha value is -2.38. The summed E-state index contributed by atoms with van der Waals surface area (Å²) in [5, 5.41) is 0.816. The topological polar surface area (TPSA) is 68.7 Å². The van der Waals surface area contributed by atoms with Crippen LogP contribution >= 0.6 is 11.3 Å². The SMILES string of the molecule is C[C@H]1CCc2c(sc3nc([C@H](C)[NH+](C)C[C@@H]4COc5ccccc5O4)[nH]c(=O)c23)C1. The van der Waals surface area contributed by atoms with Crippen LogP contribution in [-0.4, -0.2) is 36.3 Å². The standard InChI is InChI=1S/C23H27N3O3S/c1-13-8-9-16-19(10-13)30-23-20(16)22(27)24-21(25-23)14(2)26(3)11-15-12-28-17-6-4-5-7-18(17)29-15/h4-7,13-15H,8-12H2,1-3H3,(H,24,25,27)/p+1/t13-,14-,15+/m0/s1. The number of quaternary nitrogens is 1. The Bertz CT molecular complexity index is 1140. The highest BCUT2D eigenvalue weighted by Crippen LogP contribution is 2.35. The summed E-state index contributed by atoms with van der Waals surface area (Å²) in [6, 6.07) is 7.81. The van der Waals surface area contributed by atoms with Crippen LogP contribution in [0, 0.1) is 5.92 Å². The molecular weight excluding hydrogens is 398 g/mol. The molecular formula is C23H28N3O3S+. The highest BCUT2D eigenvalue weighted by atomic mass is 32.1. The Morgan fingerprint density at radius 2 is 2.13 bits per heavy atom. The van der Waals surface area contributed by atoms with Crippen LogP contribution in [-0.2, 0) is 12.8 Å². The number of para-hydroxylation sites is 2. The van der Waals surface area contributed by atoms with Crippen LogP contribution in [0.5, 0.6) is 11.5 Å². The maximum atomic E-state index is 12.9. The molecule has 3 heterocycles. The molecule has 7 heteroatoms. The summed E-state index contributed by atoms with van der Waals surface area (Å²) in [4.78, 5) is 24.3. The van der Waals surface area contributed by atoms with E-state index < -0.39 is 0 Å². The molecule has 1 aromatic carbocycles. The molecule has 0 radical (unpaired) electrons. The lowest BCUT2D eigenvalue weighted by molar-refractivity contribution is -0.913. The number of benzene rings is 1. The van der Waals surface area contributed by atoms with Crippen molar-refractivity contribution in [3.05, 3.63) is 50.9 Å². The lowest BCUT2D eigenvalue weighted by atomic mass is 9.89. The van der Waals surface area contributed by atoms with Crippen LogP contribution in [0.2, 0.25) is 0 Å². The van der Waals surface area contributed by atoms with E-state index in [1.807, 2.05) is 24.3 Å². The summed E-state index contributed by atoms with van der Waals surface area (Å²) < 4.78 is 12.0. The molecule has 158 valence electrons. The maximum absolute atomic E-state index is 12.9. The van der Waals surface area contributed by atoms with E-state index >= 15 is 0 Å². The fraction of sp³-hybridized carbons (Fsp3) is 0.478. The van der Waals surface area contributed by atoms with Crippen molar-refractivity contribution in [3.8, 4) is 11.5 Å². The molecule has 1 aliphatic carbocycles. The average Bonchev–Trinajstić information content (AvgIpc) is 3.10. The third-order valence-corrected chi connectivity index (χ3v) is 7.60. The van der Waals surface area contributed by atoms with Crippen LogP contribution in [0.25, 0.3) is 10.2 Å². The van der Waals surface area contributed by atoms with Crippen LogP contribution in [0.4, 0.5) is 0 Å². The molecule has 2 N–H and O–H groups in total. The first-order valence-electron chi connectivity index (χ1n) is 10.7. The van der Waals surface area contributed by atoms with Crippen LogP contribution < -0.4 is 19.9 Å². The molecule has 0 saturated heterocycles. The monoisotopic (exact) mass is 426 g/mol. The lowest BCUT2D eigenvalue weighted by Gasteiger charge is -2.29. The zero-order chi connectivity index (χ0) is 20.8. The van der Waals surface area contributed by atoms with Crippen molar-refractivity contribution in [2.75, 3.05) is 20.2 Å². The van der Waals surface area contributed by atoms with Gasteiger partial charge in [0.2, 0.25) is 0 Å². The van der Waals surface area contributed by atoms with Crippen molar-refractivity contribution in [2.24, 2.45) is 5.92 Å². The van der Waals surface area contributed by atoms with Gasteiger partial charge in [0.05, 0.1) is 12.4 Å². The van der Waals surface area contributed by atoms with Crippen LogP contribution in [0.1, 0.15) is 42.6 Å². The van der Waals surface area contributed by atoms with E-state index in [2.05, 4.69) is 25.9 Å². The van der Waals surface area contributed by atoms with Gasteiger partial charge < -0.3 is 19.4 Å². The Labute approximate surface area is 179 Å². The quantitative estimate of drug-likeness (QED) is 0.673. The molecule has 3 aromatic rings. The number of fused-ring (bicyclic) bond motifs is 4. The van der Waals surface area contributed by atoms with E-state index in [1.165, 1.54) is 15.3 Å². The van der Waals surface area contributed by atoms with Gasteiger partial charge in [-0.25, -0.2) is 4.98 Å². The molecule has 5 rings (SSSR count). The number of H-pyrrole nitrogens is 1. The lowest BCUT2D eigenvalue weighted by Crippen LogP contribution is -3.10. The number of aromatic amines is 1. The van der Waals surface area contributed by atoms with Gasteiger partial charge in [-0.15, -0.1) is 11.3 Å². The molecule has 0 spiro atoms. The third-order valence-electron chi connectivity index (χ3n) is 6.45. The number of thiophene rings is 1. The number of aryl methyl sites for hydroxylation is 1. The van der Waals surface area contributed by atoms with E-state index in [0.717, 1.165) is 53.3 Å². The molecule has 30 heavy (non-hydrogen) atoms. The van der Waals surface area contributed by atoms with Crippen molar-refractivity contribution >= 4 is 21.6 Å². The number of hydrogen-bond acceptors (Lipinski definition) is 5. The predicted octanol–water partition coefficient (Wildman–Crippen LogP) is 2.53. The molecule has 0 saturated carbocycles. The predicted molar refractivity (Wildman–Crippen MR) is 118 cm³/mol. The fourth-order valence-electron chi connectivity index (χ4n) is 4.50. The van der Waals surface area contributed by atoms with Gasteiger partial charge in [-0.3, -0.25) is 4.79 Å². The normalized spacial score (nSPS) is 22.5. The summed E-state index contributed by atoms with van der Waals surface area (Å²) in [5.74, 6) is 3.02. The second-order valence-electron chi connectivity index (χ2n) is 8.75. The van der Waals surface area contributed by atoms with Crippen LogP contribution in [0.15, 0.2) is 29.1 Å². The van der Waals surface area contributed by atoms with E-state index in [-0.39, 0.29) is 17.7 Å². The minimum Gasteiger partial charge on any atom is -0.486 e. The second-order valence-corrected chi connectivity index (χ2v) is 9.84. The Kier molecular flexibility index (Phi) is 5.03. The molecule has 0 amide bonds. The average molecular weight is 427 g/mol. The van der Waals surface area contributed by atoms with Crippen molar-refractivity contribution < 1.29 is 14.4 Å². The van der Waals surface area contributed by atoms with Gasteiger partial charge in [-0.05, 0) is 49.8 Å².